The number of hydrogen-bond acceptors (Lipinski definition) is 8. The predicted molar refractivity (Wildman–Crippen MR) is 100 cm³/mol. The first-order valence-corrected chi connectivity index (χ1v) is 11.4. The van der Waals surface area contributed by atoms with Crippen molar-refractivity contribution in [1.29, 1.82) is 0 Å². The van der Waals surface area contributed by atoms with Crippen LogP contribution < -0.4 is 25.4 Å². The molecule has 0 aliphatic heterocycles. The van der Waals surface area contributed by atoms with Crippen molar-refractivity contribution in [3.8, 4) is 0 Å². The Kier molecular flexibility index (Phi) is 15.6. The average Bonchev–Trinajstić information content (AvgIpc) is 2.56. The molecular weight excluding hydrogens is 388 g/mol. The van der Waals surface area contributed by atoms with Crippen LogP contribution in [0.3, 0.4) is 0 Å². The van der Waals surface area contributed by atoms with Gasteiger partial charge in [0.25, 0.3) is 0 Å². The first kappa shape index (κ1) is 29.9. The maximum Gasteiger partial charge on any atom is 0.144 e. The van der Waals surface area contributed by atoms with E-state index in [4.69, 9.17) is 30.1 Å². The van der Waals surface area contributed by atoms with Crippen molar-refractivity contribution in [2.45, 2.75) is 110 Å². The molecule has 0 spiro atoms. The average molecular weight is 429 g/mol. The number of ketones is 1. The minimum absolute atomic E-state index is 0.0118. The lowest BCUT2D eigenvalue weighted by molar-refractivity contribution is -1.92. The van der Waals surface area contributed by atoms with Crippen LogP contribution in [-0.4, -0.2) is 27.3 Å². The number of aliphatic hydroxyl groups is 1. The van der Waals surface area contributed by atoms with Crippen molar-refractivity contribution in [1.82, 2.24) is 0 Å². The molecular formula is C19H41ClN2O6. The quantitative estimate of drug-likeness (QED) is 0.216. The summed E-state index contributed by atoms with van der Waals surface area (Å²) >= 11 is 0. The first-order chi connectivity index (χ1) is 12.7. The van der Waals surface area contributed by atoms with E-state index in [1.807, 2.05) is 6.92 Å². The van der Waals surface area contributed by atoms with Gasteiger partial charge >= 0.3 is 0 Å². The third-order valence-electron chi connectivity index (χ3n) is 5.32. The van der Waals surface area contributed by atoms with Crippen molar-refractivity contribution in [2.24, 2.45) is 16.9 Å². The van der Waals surface area contributed by atoms with Crippen LogP contribution in [0.2, 0.25) is 0 Å². The van der Waals surface area contributed by atoms with Gasteiger partial charge < -0.3 is 16.6 Å². The van der Waals surface area contributed by atoms with Crippen LogP contribution in [0.15, 0.2) is 0 Å². The van der Waals surface area contributed by atoms with Crippen LogP contribution in [0, 0.1) is 15.7 Å². The lowest BCUT2D eigenvalue weighted by Gasteiger charge is -2.42. The number of hydrogen-bond donors (Lipinski definition) is 4. The summed E-state index contributed by atoms with van der Waals surface area (Å²) in [5, 5.41) is 10.2. The number of Topliss-reactive ketones (excluding diaryl/α,β-unsaturated/α-hetero) is 1. The molecule has 0 fully saturated rings. The Balaban J connectivity index is 0. The Labute approximate surface area is 172 Å². The van der Waals surface area contributed by atoms with Crippen LogP contribution in [0.1, 0.15) is 98.3 Å². The highest BCUT2D eigenvalue weighted by Gasteiger charge is 2.49. The van der Waals surface area contributed by atoms with E-state index in [0.29, 0.717) is 12.8 Å². The summed E-state index contributed by atoms with van der Waals surface area (Å²) in [6.07, 6.45) is 12.0. The number of unbranched alkanes of at least 4 members (excludes halogenated alkanes) is 8. The highest BCUT2D eigenvalue weighted by atomic mass is 35.7. The predicted octanol–water partition coefficient (Wildman–Crippen LogP) is -0.237. The van der Waals surface area contributed by atoms with Gasteiger partial charge in [-0.3, -0.25) is 4.79 Å². The number of carbonyl (C=O) groups is 1. The largest absolute Gasteiger partial charge is 0.375 e. The SMILES string of the molecule is CCCCCCCCCCCC(=O)C(C)(C(N)CC)C(C)(N)O.[O-][Cl+3]([O-])([O-])O. The summed E-state index contributed by atoms with van der Waals surface area (Å²) in [6, 6.07) is -0.423. The standard InChI is InChI=1S/C19H40N2O2.ClHO4/c1-5-7-8-9-10-11-12-13-14-15-17(22)18(3,16(20)6-2)19(4,21)23;2-1(3,4)5/h16,23H,5-15,20-21H2,1-4H3;(H,2,3,4,5). The van der Waals surface area contributed by atoms with Crippen molar-refractivity contribution in [3.05, 3.63) is 0 Å². The molecule has 0 aliphatic carbocycles. The highest BCUT2D eigenvalue weighted by Crippen LogP contribution is 2.34. The van der Waals surface area contributed by atoms with E-state index in [0.717, 1.165) is 12.8 Å². The monoisotopic (exact) mass is 428 g/mol. The Hall–Kier alpha value is -0.320. The Morgan fingerprint density at radius 3 is 1.64 bits per heavy atom. The minimum Gasteiger partial charge on any atom is -0.375 e. The first-order valence-electron chi connectivity index (χ1n) is 10.1. The van der Waals surface area contributed by atoms with E-state index in [1.54, 1.807) is 6.92 Å². The van der Waals surface area contributed by atoms with Crippen LogP contribution in [-0.2, 0) is 4.79 Å². The Morgan fingerprint density at radius 2 is 1.32 bits per heavy atom. The van der Waals surface area contributed by atoms with Gasteiger partial charge in [-0.15, -0.1) is 0 Å². The topological polar surface area (TPSA) is 179 Å². The second kappa shape index (κ2) is 14.6. The van der Waals surface area contributed by atoms with Gasteiger partial charge in [-0.1, -0.05) is 65.2 Å². The number of halogens is 1. The summed E-state index contributed by atoms with van der Waals surface area (Å²) in [6.45, 7) is 7.34. The van der Waals surface area contributed by atoms with Crippen molar-refractivity contribution >= 4 is 5.78 Å². The van der Waals surface area contributed by atoms with Gasteiger partial charge in [0.05, 0.1) is 20.3 Å². The zero-order valence-electron chi connectivity index (χ0n) is 17.9. The fourth-order valence-electron chi connectivity index (χ4n) is 3.13. The van der Waals surface area contributed by atoms with E-state index < -0.39 is 27.4 Å². The Bertz CT molecular complexity index is 406. The van der Waals surface area contributed by atoms with Gasteiger partial charge in [0, 0.05) is 12.5 Å². The molecule has 0 saturated carbocycles. The summed E-state index contributed by atoms with van der Waals surface area (Å²) < 4.78 is 32.7. The second-order valence-electron chi connectivity index (χ2n) is 7.76. The second-order valence-corrected chi connectivity index (χ2v) is 8.55. The van der Waals surface area contributed by atoms with Crippen LogP contribution >= 0.6 is 0 Å². The molecule has 3 atom stereocenters. The van der Waals surface area contributed by atoms with Gasteiger partial charge in [0.1, 0.15) is 11.5 Å². The third-order valence-corrected chi connectivity index (χ3v) is 5.32. The van der Waals surface area contributed by atoms with Gasteiger partial charge in [-0.05, 0) is 26.7 Å². The summed E-state index contributed by atoms with van der Waals surface area (Å²) in [4.78, 5) is 12.6. The molecule has 0 rings (SSSR count). The van der Waals surface area contributed by atoms with Gasteiger partial charge in [0.15, 0.2) is 0 Å². The molecule has 170 valence electrons. The molecule has 3 unspecified atom stereocenters. The molecule has 0 bridgehead atoms. The van der Waals surface area contributed by atoms with E-state index in [2.05, 4.69) is 6.92 Å². The molecule has 6 N–H and O–H groups in total. The van der Waals surface area contributed by atoms with E-state index in [9.17, 15) is 9.90 Å². The van der Waals surface area contributed by atoms with Gasteiger partial charge in [0.2, 0.25) is 0 Å². The summed E-state index contributed by atoms with van der Waals surface area (Å²) in [7, 11) is -4.69. The molecule has 0 saturated heterocycles. The fourth-order valence-corrected chi connectivity index (χ4v) is 3.13. The van der Waals surface area contributed by atoms with E-state index in [-0.39, 0.29) is 5.78 Å². The molecule has 9 heteroatoms. The lowest BCUT2D eigenvalue weighted by atomic mass is 9.69. The van der Waals surface area contributed by atoms with Crippen LogP contribution in [0.25, 0.3) is 0 Å². The molecule has 0 amide bonds. The molecule has 0 aromatic heterocycles. The molecule has 0 aromatic carbocycles. The summed E-state index contributed by atoms with van der Waals surface area (Å²) in [5.41, 5.74) is 9.28. The molecule has 0 radical (unpaired) electrons. The molecule has 0 aromatic rings. The van der Waals surface area contributed by atoms with Crippen LogP contribution in [0.4, 0.5) is 0 Å². The molecule has 0 heterocycles. The van der Waals surface area contributed by atoms with Crippen molar-refractivity contribution in [2.75, 3.05) is 0 Å². The zero-order valence-corrected chi connectivity index (χ0v) is 18.7. The van der Waals surface area contributed by atoms with Gasteiger partial charge in [-0.25, -0.2) is 0 Å². The van der Waals surface area contributed by atoms with E-state index in [1.165, 1.54) is 51.9 Å². The fraction of sp³-hybridized carbons (Fsp3) is 0.947. The smallest absolute Gasteiger partial charge is 0.144 e. The Morgan fingerprint density at radius 1 is 0.964 bits per heavy atom. The minimum atomic E-state index is -4.69. The molecule has 8 nitrogen and oxygen atoms in total. The summed E-state index contributed by atoms with van der Waals surface area (Å²) in [5.74, 6) is -0.0118. The maximum absolute atomic E-state index is 12.6. The van der Waals surface area contributed by atoms with Crippen molar-refractivity contribution in [3.63, 3.8) is 0 Å². The molecule has 0 aliphatic rings. The van der Waals surface area contributed by atoms with Gasteiger partial charge in [-0.2, -0.15) is 14.0 Å². The highest BCUT2D eigenvalue weighted by molar-refractivity contribution is 5.86. The third kappa shape index (κ3) is 13.8. The van der Waals surface area contributed by atoms with E-state index >= 15 is 0 Å². The zero-order chi connectivity index (χ0) is 22.4. The van der Waals surface area contributed by atoms with Crippen LogP contribution in [0.5, 0.6) is 0 Å². The molecule has 28 heavy (non-hydrogen) atoms. The number of carbonyl (C=O) groups excluding carboxylic acids is 1. The normalized spacial score (nSPS) is 17.1. The van der Waals surface area contributed by atoms with Crippen molar-refractivity contribution < 1.29 is 38.8 Å². The number of nitrogens with two attached hydrogens (primary N) is 2. The maximum atomic E-state index is 12.6. The number of rotatable bonds is 14. The lowest BCUT2D eigenvalue weighted by Crippen LogP contribution is -2.63.